The van der Waals surface area contributed by atoms with Gasteiger partial charge in [0.25, 0.3) is 0 Å². The Bertz CT molecular complexity index is 1190. The summed E-state index contributed by atoms with van der Waals surface area (Å²) >= 11 is 6.13. The first kappa shape index (κ1) is 28.5. The number of carbonyl (C=O) groups is 2. The molecule has 38 heavy (non-hydrogen) atoms. The van der Waals surface area contributed by atoms with Crippen molar-refractivity contribution in [2.45, 2.75) is 65.5 Å². The highest BCUT2D eigenvalue weighted by molar-refractivity contribution is 6.30. The van der Waals surface area contributed by atoms with Gasteiger partial charge in [-0.25, -0.2) is 8.78 Å². The van der Waals surface area contributed by atoms with Gasteiger partial charge in [-0.05, 0) is 57.0 Å². The fourth-order valence-corrected chi connectivity index (χ4v) is 5.67. The van der Waals surface area contributed by atoms with Gasteiger partial charge < -0.3 is 9.80 Å². The van der Waals surface area contributed by atoms with Gasteiger partial charge >= 0.3 is 0 Å². The van der Waals surface area contributed by atoms with E-state index in [1.807, 2.05) is 29.2 Å². The molecule has 2 fully saturated rings. The van der Waals surface area contributed by atoms with Crippen LogP contribution in [0.3, 0.4) is 0 Å². The first-order valence-corrected chi connectivity index (χ1v) is 13.6. The Hall–Kier alpha value is -2.51. The zero-order valence-corrected chi connectivity index (χ0v) is 23.9. The molecule has 2 heterocycles. The zero-order chi connectivity index (χ0) is 28.0. The van der Waals surface area contributed by atoms with E-state index >= 15 is 0 Å². The minimum atomic E-state index is -0.785. The van der Waals surface area contributed by atoms with Crippen LogP contribution in [0.25, 0.3) is 0 Å². The Morgan fingerprint density at radius 1 is 0.947 bits per heavy atom. The molecule has 2 aliphatic rings. The lowest BCUT2D eigenvalue weighted by atomic mass is 9.88. The third-order valence-electron chi connectivity index (χ3n) is 7.75. The summed E-state index contributed by atoms with van der Waals surface area (Å²) in [5.74, 6) is -1.94. The van der Waals surface area contributed by atoms with Crippen LogP contribution in [0.15, 0.2) is 42.5 Å². The minimum absolute atomic E-state index is 0.0138. The predicted octanol–water partition coefficient (Wildman–Crippen LogP) is 6.11. The molecule has 0 bridgehead atoms. The number of hydrogen-bond acceptors (Lipinski definition) is 3. The number of anilines is 1. The molecule has 0 radical (unpaired) electrons. The first-order chi connectivity index (χ1) is 17.7. The van der Waals surface area contributed by atoms with Gasteiger partial charge in [-0.3, -0.25) is 14.5 Å². The lowest BCUT2D eigenvalue weighted by Gasteiger charge is -2.35. The normalized spacial score (nSPS) is 22.7. The number of halogens is 3. The van der Waals surface area contributed by atoms with Crippen molar-refractivity contribution in [1.82, 2.24) is 9.80 Å². The van der Waals surface area contributed by atoms with Crippen molar-refractivity contribution in [1.29, 1.82) is 0 Å². The number of likely N-dealkylation sites (tertiary alicyclic amines) is 2. The standard InChI is InChI=1S/C30H38ClF2N3O2/c1-29(2,3)28(38)36(26-12-11-21(32)15-25(26)33)22-13-14-34(16-22)27(37)24-18-35(30(4,5)6)17-23(24)19-7-9-20(31)10-8-19/h7-12,15,22-24H,13-14,16-18H2,1-6H3/t22-,23-,24+/m0/s1. The van der Waals surface area contributed by atoms with Crippen molar-refractivity contribution >= 4 is 29.1 Å². The number of amides is 2. The van der Waals surface area contributed by atoms with Gasteiger partial charge in [0.15, 0.2) is 0 Å². The second-order valence-electron chi connectivity index (χ2n) is 12.6. The molecular formula is C30H38ClF2N3O2. The maximum atomic E-state index is 14.9. The van der Waals surface area contributed by atoms with E-state index in [1.165, 1.54) is 11.0 Å². The van der Waals surface area contributed by atoms with Crippen molar-refractivity contribution in [3.63, 3.8) is 0 Å². The summed E-state index contributed by atoms with van der Waals surface area (Å²) in [6, 6.07) is 10.6. The molecular weight excluding hydrogens is 508 g/mol. The number of carbonyl (C=O) groups excluding carboxylic acids is 2. The van der Waals surface area contributed by atoms with Crippen LogP contribution in [0.5, 0.6) is 0 Å². The summed E-state index contributed by atoms with van der Waals surface area (Å²) in [5.41, 5.74) is 0.248. The van der Waals surface area contributed by atoms with E-state index < -0.39 is 23.1 Å². The second-order valence-corrected chi connectivity index (χ2v) is 13.0. The molecule has 0 N–H and O–H groups in total. The average Bonchev–Trinajstić information content (AvgIpc) is 3.48. The van der Waals surface area contributed by atoms with Crippen molar-refractivity contribution in [2.24, 2.45) is 11.3 Å². The van der Waals surface area contributed by atoms with Gasteiger partial charge in [0.2, 0.25) is 11.8 Å². The molecule has 3 atom stereocenters. The average molecular weight is 546 g/mol. The van der Waals surface area contributed by atoms with Crippen LogP contribution in [0.4, 0.5) is 14.5 Å². The number of benzene rings is 2. The van der Waals surface area contributed by atoms with Crippen LogP contribution in [0.1, 0.15) is 59.4 Å². The van der Waals surface area contributed by atoms with Gasteiger partial charge in [0.1, 0.15) is 11.6 Å². The van der Waals surface area contributed by atoms with E-state index in [0.29, 0.717) is 31.1 Å². The van der Waals surface area contributed by atoms with E-state index in [0.717, 1.165) is 24.2 Å². The first-order valence-electron chi connectivity index (χ1n) is 13.2. The maximum absolute atomic E-state index is 14.9. The smallest absolute Gasteiger partial charge is 0.232 e. The van der Waals surface area contributed by atoms with E-state index in [2.05, 4.69) is 25.7 Å². The number of rotatable bonds is 4. The minimum Gasteiger partial charge on any atom is -0.340 e. The van der Waals surface area contributed by atoms with Crippen LogP contribution in [0.2, 0.25) is 5.02 Å². The molecule has 8 heteroatoms. The fourth-order valence-electron chi connectivity index (χ4n) is 5.55. The molecule has 4 rings (SSSR count). The van der Waals surface area contributed by atoms with Crippen molar-refractivity contribution in [3.05, 3.63) is 64.7 Å². The SMILES string of the molecule is CC(C)(C)C(=O)N(c1ccc(F)cc1F)[C@H]1CCN(C(=O)[C@@H]2CN(C(C)(C)C)C[C@H]2c2ccc(Cl)cc2)C1. The fraction of sp³-hybridized carbons (Fsp3) is 0.533. The third-order valence-corrected chi connectivity index (χ3v) is 8.01. The van der Waals surface area contributed by atoms with E-state index in [4.69, 9.17) is 11.6 Å². The van der Waals surface area contributed by atoms with Crippen LogP contribution >= 0.6 is 11.6 Å². The summed E-state index contributed by atoms with van der Waals surface area (Å²) in [6.45, 7) is 13.9. The summed E-state index contributed by atoms with van der Waals surface area (Å²) in [6.07, 6.45) is 0.520. The van der Waals surface area contributed by atoms with E-state index in [1.54, 1.807) is 20.8 Å². The maximum Gasteiger partial charge on any atom is 0.232 e. The highest BCUT2D eigenvalue weighted by Crippen LogP contribution is 2.39. The molecule has 2 aliphatic heterocycles. The molecule has 0 saturated carbocycles. The van der Waals surface area contributed by atoms with Gasteiger partial charge in [-0.1, -0.05) is 44.5 Å². The van der Waals surface area contributed by atoms with Gasteiger partial charge in [0.05, 0.1) is 17.6 Å². The Kier molecular flexibility index (Phi) is 7.93. The van der Waals surface area contributed by atoms with Gasteiger partial charge in [0, 0.05) is 54.1 Å². The molecule has 2 aromatic carbocycles. The van der Waals surface area contributed by atoms with Crippen LogP contribution in [-0.2, 0) is 9.59 Å². The summed E-state index contributed by atoms with van der Waals surface area (Å²) in [7, 11) is 0. The highest BCUT2D eigenvalue weighted by Gasteiger charge is 2.46. The summed E-state index contributed by atoms with van der Waals surface area (Å²) in [5, 5.41) is 0.654. The lowest BCUT2D eigenvalue weighted by Crippen LogP contribution is -2.48. The van der Waals surface area contributed by atoms with Crippen molar-refractivity contribution < 1.29 is 18.4 Å². The summed E-state index contributed by atoms with van der Waals surface area (Å²) in [4.78, 5) is 33.1. The Labute approximate surface area is 229 Å². The third kappa shape index (κ3) is 5.89. The quantitative estimate of drug-likeness (QED) is 0.465. The van der Waals surface area contributed by atoms with Crippen LogP contribution in [0, 0.1) is 23.0 Å². The molecule has 0 aliphatic carbocycles. The Balaban J connectivity index is 1.60. The topological polar surface area (TPSA) is 43.9 Å². The molecule has 206 valence electrons. The van der Waals surface area contributed by atoms with Crippen LogP contribution < -0.4 is 4.90 Å². The van der Waals surface area contributed by atoms with Crippen molar-refractivity contribution in [3.8, 4) is 0 Å². The molecule has 0 spiro atoms. The Morgan fingerprint density at radius 3 is 2.18 bits per heavy atom. The molecule has 2 aromatic rings. The Morgan fingerprint density at radius 2 is 1.61 bits per heavy atom. The molecule has 0 unspecified atom stereocenters. The molecule has 0 aromatic heterocycles. The number of hydrogen-bond donors (Lipinski definition) is 0. The van der Waals surface area contributed by atoms with Crippen LogP contribution in [-0.4, -0.2) is 59.4 Å². The van der Waals surface area contributed by atoms with Gasteiger partial charge in [-0.15, -0.1) is 0 Å². The predicted molar refractivity (Wildman–Crippen MR) is 147 cm³/mol. The summed E-state index contributed by atoms with van der Waals surface area (Å²) < 4.78 is 28.6. The molecule has 2 saturated heterocycles. The van der Waals surface area contributed by atoms with Crippen molar-refractivity contribution in [2.75, 3.05) is 31.1 Å². The molecule has 5 nitrogen and oxygen atoms in total. The monoisotopic (exact) mass is 545 g/mol. The van der Waals surface area contributed by atoms with Gasteiger partial charge in [-0.2, -0.15) is 0 Å². The van der Waals surface area contributed by atoms with E-state index in [-0.39, 0.29) is 34.9 Å². The number of nitrogens with zero attached hydrogens (tertiary/aromatic N) is 3. The largest absolute Gasteiger partial charge is 0.340 e. The lowest BCUT2D eigenvalue weighted by molar-refractivity contribution is -0.135. The zero-order valence-electron chi connectivity index (χ0n) is 23.1. The molecule has 2 amide bonds. The van der Waals surface area contributed by atoms with E-state index in [9.17, 15) is 18.4 Å². The highest BCUT2D eigenvalue weighted by atomic mass is 35.5. The second kappa shape index (κ2) is 10.6.